The van der Waals surface area contributed by atoms with E-state index in [-0.39, 0.29) is 5.54 Å². The first-order valence-corrected chi connectivity index (χ1v) is 8.27. The zero-order valence-electron chi connectivity index (χ0n) is 11.6. The minimum Gasteiger partial charge on any atom is -0.306 e. The normalized spacial score (nSPS) is 22.6. The smallest absolute Gasteiger partial charge is 0.113 e. The molecule has 0 bridgehead atoms. The molecule has 0 radical (unpaired) electrons. The van der Waals surface area contributed by atoms with Gasteiger partial charge in [-0.15, -0.1) is 11.3 Å². The second-order valence-corrected chi connectivity index (χ2v) is 7.19. The fraction of sp³-hybridized carbons (Fsp3) is 0.800. The van der Waals surface area contributed by atoms with Crippen LogP contribution in [0, 0.1) is 5.92 Å². The summed E-state index contributed by atoms with van der Waals surface area (Å²) in [6, 6.07) is 0. The predicted molar refractivity (Wildman–Crippen MR) is 77.1 cm³/mol. The Labute approximate surface area is 114 Å². The summed E-state index contributed by atoms with van der Waals surface area (Å²) < 4.78 is 0. The summed E-state index contributed by atoms with van der Waals surface area (Å²) in [5.41, 5.74) is 1.53. The molecule has 0 saturated heterocycles. The van der Waals surface area contributed by atoms with Crippen LogP contribution in [0.2, 0.25) is 0 Å². The van der Waals surface area contributed by atoms with Gasteiger partial charge in [-0.05, 0) is 51.5 Å². The zero-order chi connectivity index (χ0) is 12.6. The molecular formula is C15H24N2S. The minimum atomic E-state index is 0.123. The molecule has 1 saturated carbocycles. The fourth-order valence-electron chi connectivity index (χ4n) is 3.11. The first-order chi connectivity index (χ1) is 8.71. The maximum absolute atomic E-state index is 4.98. The Morgan fingerprint density at radius 2 is 2.11 bits per heavy atom. The number of thiazole rings is 1. The maximum atomic E-state index is 4.98. The van der Waals surface area contributed by atoms with Crippen LogP contribution in [0.25, 0.3) is 0 Å². The molecule has 18 heavy (non-hydrogen) atoms. The molecule has 1 aromatic heterocycles. The van der Waals surface area contributed by atoms with Crippen molar-refractivity contribution >= 4 is 11.3 Å². The Morgan fingerprint density at radius 3 is 2.78 bits per heavy atom. The van der Waals surface area contributed by atoms with Crippen LogP contribution in [-0.2, 0) is 18.4 Å². The number of aromatic nitrogens is 1. The van der Waals surface area contributed by atoms with E-state index >= 15 is 0 Å². The Hall–Kier alpha value is -0.410. The molecule has 1 atom stereocenters. The highest BCUT2D eigenvalue weighted by Crippen LogP contribution is 2.42. The van der Waals surface area contributed by atoms with Crippen molar-refractivity contribution in [2.24, 2.45) is 5.92 Å². The number of hydrogen-bond donors (Lipinski definition) is 1. The largest absolute Gasteiger partial charge is 0.306 e. The van der Waals surface area contributed by atoms with E-state index < -0.39 is 0 Å². The van der Waals surface area contributed by atoms with E-state index in [0.29, 0.717) is 0 Å². The Kier molecular flexibility index (Phi) is 3.46. The molecule has 0 aromatic carbocycles. The van der Waals surface area contributed by atoms with E-state index in [1.165, 1.54) is 55.6 Å². The van der Waals surface area contributed by atoms with Gasteiger partial charge in [-0.2, -0.15) is 0 Å². The third-order valence-corrected chi connectivity index (χ3v) is 5.70. The average Bonchev–Trinajstić information content (AvgIpc) is 3.05. The molecule has 1 heterocycles. The van der Waals surface area contributed by atoms with Gasteiger partial charge in [-0.1, -0.05) is 19.8 Å². The highest BCUT2D eigenvalue weighted by Gasteiger charge is 2.37. The molecule has 2 aliphatic rings. The van der Waals surface area contributed by atoms with Crippen LogP contribution in [0.1, 0.15) is 61.5 Å². The highest BCUT2D eigenvalue weighted by atomic mass is 32.1. The number of nitrogens with zero attached hydrogens (tertiary/aromatic N) is 1. The van der Waals surface area contributed by atoms with E-state index in [0.717, 1.165) is 12.5 Å². The topological polar surface area (TPSA) is 24.9 Å². The van der Waals surface area contributed by atoms with Crippen molar-refractivity contribution in [3.8, 4) is 0 Å². The molecule has 1 aromatic rings. The molecule has 2 aliphatic carbocycles. The minimum absolute atomic E-state index is 0.123. The van der Waals surface area contributed by atoms with E-state index in [4.69, 9.17) is 4.98 Å². The van der Waals surface area contributed by atoms with E-state index in [2.05, 4.69) is 19.2 Å². The van der Waals surface area contributed by atoms with Crippen molar-refractivity contribution in [3.05, 3.63) is 15.6 Å². The van der Waals surface area contributed by atoms with Gasteiger partial charge in [0.25, 0.3) is 0 Å². The number of nitrogens with one attached hydrogen (secondary N) is 1. The fourth-order valence-corrected chi connectivity index (χ4v) is 4.39. The summed E-state index contributed by atoms with van der Waals surface area (Å²) in [7, 11) is 0. The number of hydrogen-bond acceptors (Lipinski definition) is 3. The summed E-state index contributed by atoms with van der Waals surface area (Å²) in [6.45, 7) is 5.60. The van der Waals surface area contributed by atoms with Crippen molar-refractivity contribution in [3.63, 3.8) is 0 Å². The summed E-state index contributed by atoms with van der Waals surface area (Å²) in [4.78, 5) is 6.54. The second-order valence-electron chi connectivity index (χ2n) is 6.11. The highest BCUT2D eigenvalue weighted by molar-refractivity contribution is 7.11. The molecule has 100 valence electrons. The van der Waals surface area contributed by atoms with Gasteiger partial charge in [-0.3, -0.25) is 0 Å². The molecule has 3 rings (SSSR count). The van der Waals surface area contributed by atoms with Gasteiger partial charge in [0.15, 0.2) is 0 Å². The van der Waals surface area contributed by atoms with E-state index in [1.54, 1.807) is 4.88 Å². The van der Waals surface area contributed by atoms with Crippen molar-refractivity contribution in [1.82, 2.24) is 10.3 Å². The Balaban J connectivity index is 1.86. The molecule has 0 amide bonds. The second kappa shape index (κ2) is 4.93. The lowest BCUT2D eigenvalue weighted by Gasteiger charge is -2.28. The molecule has 1 fully saturated rings. The van der Waals surface area contributed by atoms with E-state index in [1.807, 2.05) is 11.3 Å². The average molecular weight is 264 g/mol. The summed E-state index contributed by atoms with van der Waals surface area (Å²) in [5.74, 6) is 0.940. The third-order valence-electron chi connectivity index (χ3n) is 4.28. The molecule has 0 spiro atoms. The lowest BCUT2D eigenvalue weighted by atomic mass is 9.95. The first kappa shape index (κ1) is 12.6. The summed E-state index contributed by atoms with van der Waals surface area (Å²) in [5, 5.41) is 5.05. The van der Waals surface area contributed by atoms with Crippen molar-refractivity contribution < 1.29 is 0 Å². The van der Waals surface area contributed by atoms with Gasteiger partial charge in [0.2, 0.25) is 0 Å². The van der Waals surface area contributed by atoms with Crippen LogP contribution in [0.5, 0.6) is 0 Å². The van der Waals surface area contributed by atoms with Crippen molar-refractivity contribution in [2.75, 3.05) is 6.54 Å². The van der Waals surface area contributed by atoms with Crippen molar-refractivity contribution in [1.29, 1.82) is 0 Å². The van der Waals surface area contributed by atoms with Crippen molar-refractivity contribution in [2.45, 2.75) is 64.3 Å². The van der Waals surface area contributed by atoms with Crippen LogP contribution in [0.3, 0.4) is 0 Å². The summed E-state index contributed by atoms with van der Waals surface area (Å²) in [6.07, 6.45) is 9.27. The lowest BCUT2D eigenvalue weighted by Crippen LogP contribution is -2.39. The van der Waals surface area contributed by atoms with Crippen LogP contribution >= 0.6 is 11.3 Å². The summed E-state index contributed by atoms with van der Waals surface area (Å²) >= 11 is 1.98. The predicted octanol–water partition coefficient (Wildman–Crippen LogP) is 3.65. The van der Waals surface area contributed by atoms with Crippen LogP contribution in [0.15, 0.2) is 0 Å². The molecule has 1 N–H and O–H groups in total. The maximum Gasteiger partial charge on any atom is 0.113 e. The molecule has 2 nitrogen and oxygen atoms in total. The monoisotopic (exact) mass is 264 g/mol. The molecule has 0 aliphatic heterocycles. The first-order valence-electron chi connectivity index (χ1n) is 7.45. The number of rotatable bonds is 5. The van der Waals surface area contributed by atoms with Gasteiger partial charge < -0.3 is 5.32 Å². The molecule has 3 heteroatoms. The van der Waals surface area contributed by atoms with Gasteiger partial charge in [-0.25, -0.2) is 4.98 Å². The molecule has 1 unspecified atom stereocenters. The van der Waals surface area contributed by atoms with Crippen LogP contribution in [-0.4, -0.2) is 11.5 Å². The van der Waals surface area contributed by atoms with Gasteiger partial charge in [0.1, 0.15) is 5.01 Å². The third kappa shape index (κ3) is 2.48. The lowest BCUT2D eigenvalue weighted by molar-refractivity contribution is 0.328. The standard InChI is InChI=1S/C15H24N2S/c1-3-16-15(2,10-11-8-9-11)14-17-12-6-4-5-7-13(12)18-14/h11,16H,3-10H2,1-2H3. The van der Waals surface area contributed by atoms with E-state index in [9.17, 15) is 0 Å². The number of aryl methyl sites for hydroxylation is 2. The molecular weight excluding hydrogens is 240 g/mol. The van der Waals surface area contributed by atoms with Gasteiger partial charge in [0, 0.05) is 4.88 Å². The Morgan fingerprint density at radius 1 is 1.33 bits per heavy atom. The van der Waals surface area contributed by atoms with Crippen LogP contribution < -0.4 is 5.32 Å². The van der Waals surface area contributed by atoms with Gasteiger partial charge in [0.05, 0.1) is 11.2 Å². The Bertz CT molecular complexity index is 399. The number of fused-ring (bicyclic) bond motifs is 1. The SMILES string of the molecule is CCNC(C)(CC1CC1)c1nc2c(s1)CCCC2. The van der Waals surface area contributed by atoms with Crippen LogP contribution in [0.4, 0.5) is 0 Å². The van der Waals surface area contributed by atoms with Gasteiger partial charge >= 0.3 is 0 Å². The zero-order valence-corrected chi connectivity index (χ0v) is 12.4. The quantitative estimate of drug-likeness (QED) is 0.878.